The lowest BCUT2D eigenvalue weighted by atomic mass is 9.98. The van der Waals surface area contributed by atoms with Crippen LogP contribution in [0, 0.1) is 19.8 Å². The predicted molar refractivity (Wildman–Crippen MR) is 87.3 cm³/mol. The zero-order valence-electron chi connectivity index (χ0n) is 13.2. The molecule has 2 rings (SSSR count). The van der Waals surface area contributed by atoms with Gasteiger partial charge in [0.05, 0.1) is 11.5 Å². The third-order valence-corrected chi connectivity index (χ3v) is 3.60. The highest BCUT2D eigenvalue weighted by molar-refractivity contribution is 5.94. The largest absolute Gasteiger partial charge is 0.481 e. The Labute approximate surface area is 135 Å². The summed E-state index contributed by atoms with van der Waals surface area (Å²) < 4.78 is 0. The van der Waals surface area contributed by atoms with E-state index in [0.717, 1.165) is 16.8 Å². The molecule has 0 spiro atoms. The molecule has 1 heterocycles. The van der Waals surface area contributed by atoms with Crippen molar-refractivity contribution in [3.8, 4) is 0 Å². The number of hydrogen-bond acceptors (Lipinski definition) is 3. The summed E-state index contributed by atoms with van der Waals surface area (Å²) in [6, 6.07) is 11.1. The van der Waals surface area contributed by atoms with Crippen molar-refractivity contribution < 1.29 is 14.7 Å². The van der Waals surface area contributed by atoms with Crippen molar-refractivity contribution >= 4 is 11.9 Å². The van der Waals surface area contributed by atoms with Crippen molar-refractivity contribution in [3.05, 3.63) is 65.0 Å². The summed E-state index contributed by atoms with van der Waals surface area (Å²) in [5, 5.41) is 12.0. The smallest absolute Gasteiger partial charge is 0.308 e. The van der Waals surface area contributed by atoms with Crippen LogP contribution in [0.25, 0.3) is 0 Å². The van der Waals surface area contributed by atoms with Gasteiger partial charge in [0.25, 0.3) is 5.91 Å². The number of nitrogens with zero attached hydrogens (tertiary/aromatic N) is 1. The molecule has 2 N–H and O–H groups in total. The van der Waals surface area contributed by atoms with Gasteiger partial charge in [0.15, 0.2) is 0 Å². The van der Waals surface area contributed by atoms with Crippen LogP contribution in [0.5, 0.6) is 0 Å². The highest BCUT2D eigenvalue weighted by Crippen LogP contribution is 2.11. The van der Waals surface area contributed by atoms with Crippen molar-refractivity contribution in [2.75, 3.05) is 6.54 Å². The first-order chi connectivity index (χ1) is 11.0. The Balaban J connectivity index is 1.98. The second-order valence-corrected chi connectivity index (χ2v) is 5.63. The molecule has 1 aromatic heterocycles. The minimum absolute atomic E-state index is 0.0794. The number of benzene rings is 1. The van der Waals surface area contributed by atoms with E-state index in [-0.39, 0.29) is 12.5 Å². The number of pyridine rings is 1. The Morgan fingerprint density at radius 2 is 2.00 bits per heavy atom. The van der Waals surface area contributed by atoms with Crippen LogP contribution in [0.1, 0.15) is 27.2 Å². The first-order valence-corrected chi connectivity index (χ1v) is 7.45. The van der Waals surface area contributed by atoms with Gasteiger partial charge in [-0.1, -0.05) is 29.8 Å². The number of aromatic nitrogens is 1. The van der Waals surface area contributed by atoms with Crippen molar-refractivity contribution in [1.29, 1.82) is 0 Å². The van der Waals surface area contributed by atoms with E-state index in [4.69, 9.17) is 0 Å². The predicted octanol–water partition coefficient (Wildman–Crippen LogP) is 2.37. The third kappa shape index (κ3) is 4.92. The summed E-state index contributed by atoms with van der Waals surface area (Å²) >= 11 is 0. The van der Waals surface area contributed by atoms with Crippen LogP contribution in [0.2, 0.25) is 0 Å². The number of carbonyl (C=O) groups excluding carboxylic acids is 1. The summed E-state index contributed by atoms with van der Waals surface area (Å²) in [4.78, 5) is 27.5. The summed E-state index contributed by atoms with van der Waals surface area (Å²) in [6.07, 6.45) is 1.87. The molecular formula is C18H20N2O3. The van der Waals surface area contributed by atoms with Gasteiger partial charge in [-0.3, -0.25) is 14.6 Å². The van der Waals surface area contributed by atoms with Crippen LogP contribution >= 0.6 is 0 Å². The van der Waals surface area contributed by atoms with Gasteiger partial charge < -0.3 is 10.4 Å². The first-order valence-electron chi connectivity index (χ1n) is 7.45. The SMILES string of the molecule is Cc1cccc(CC(CNC(=O)c2ccc(C)nc2)C(=O)O)c1. The topological polar surface area (TPSA) is 79.3 Å². The van der Waals surface area contributed by atoms with Gasteiger partial charge in [0.2, 0.25) is 0 Å². The third-order valence-electron chi connectivity index (χ3n) is 3.60. The number of carboxylic acid groups (broad SMARTS) is 1. The molecule has 0 aliphatic rings. The number of hydrogen-bond donors (Lipinski definition) is 2. The van der Waals surface area contributed by atoms with Crippen molar-refractivity contribution in [2.24, 2.45) is 5.92 Å². The molecule has 0 aliphatic carbocycles. The lowest BCUT2D eigenvalue weighted by Gasteiger charge is -2.14. The maximum Gasteiger partial charge on any atom is 0.308 e. The minimum Gasteiger partial charge on any atom is -0.481 e. The van der Waals surface area contributed by atoms with E-state index in [1.54, 1.807) is 12.1 Å². The average Bonchev–Trinajstić information content (AvgIpc) is 2.51. The van der Waals surface area contributed by atoms with Gasteiger partial charge in [-0.15, -0.1) is 0 Å². The summed E-state index contributed by atoms with van der Waals surface area (Å²) in [6.45, 7) is 3.88. The van der Waals surface area contributed by atoms with Crippen LogP contribution in [-0.4, -0.2) is 28.5 Å². The molecule has 23 heavy (non-hydrogen) atoms. The Morgan fingerprint density at radius 3 is 2.61 bits per heavy atom. The van der Waals surface area contributed by atoms with E-state index in [1.807, 2.05) is 38.1 Å². The molecule has 0 bridgehead atoms. The van der Waals surface area contributed by atoms with E-state index < -0.39 is 11.9 Å². The molecule has 1 unspecified atom stereocenters. The van der Waals surface area contributed by atoms with Crippen LogP contribution in [-0.2, 0) is 11.2 Å². The molecule has 1 aromatic carbocycles. The van der Waals surface area contributed by atoms with Crippen LogP contribution in [0.4, 0.5) is 0 Å². The van der Waals surface area contributed by atoms with Crippen LogP contribution in [0.15, 0.2) is 42.6 Å². The number of nitrogens with one attached hydrogen (secondary N) is 1. The standard InChI is InChI=1S/C18H20N2O3/c1-12-4-3-5-14(8-12)9-16(18(22)23)11-20-17(21)15-7-6-13(2)19-10-15/h3-8,10,16H,9,11H2,1-2H3,(H,20,21)(H,22,23). The molecule has 0 saturated carbocycles. The lowest BCUT2D eigenvalue weighted by Crippen LogP contribution is -2.34. The monoisotopic (exact) mass is 312 g/mol. The van der Waals surface area contributed by atoms with Gasteiger partial charge in [-0.25, -0.2) is 0 Å². The molecular weight excluding hydrogens is 292 g/mol. The lowest BCUT2D eigenvalue weighted by molar-refractivity contribution is -0.141. The van der Waals surface area contributed by atoms with Gasteiger partial charge in [-0.2, -0.15) is 0 Å². The Morgan fingerprint density at radius 1 is 1.22 bits per heavy atom. The summed E-state index contributed by atoms with van der Waals surface area (Å²) in [5.74, 6) is -1.90. The van der Waals surface area contributed by atoms with Crippen molar-refractivity contribution in [2.45, 2.75) is 20.3 Å². The normalized spacial score (nSPS) is 11.7. The van der Waals surface area contributed by atoms with Gasteiger partial charge in [0.1, 0.15) is 0 Å². The van der Waals surface area contributed by atoms with Gasteiger partial charge >= 0.3 is 5.97 Å². The van der Waals surface area contributed by atoms with E-state index in [2.05, 4.69) is 10.3 Å². The molecule has 0 radical (unpaired) electrons. The zero-order chi connectivity index (χ0) is 16.8. The molecule has 120 valence electrons. The fourth-order valence-electron chi connectivity index (χ4n) is 2.29. The highest BCUT2D eigenvalue weighted by atomic mass is 16.4. The van der Waals surface area contributed by atoms with Gasteiger partial charge in [-0.05, 0) is 38.0 Å². The second kappa shape index (κ2) is 7.54. The number of rotatable bonds is 6. The number of aryl methyl sites for hydroxylation is 2. The van der Waals surface area contributed by atoms with Gasteiger partial charge in [0, 0.05) is 18.4 Å². The highest BCUT2D eigenvalue weighted by Gasteiger charge is 2.19. The molecule has 5 heteroatoms. The Hall–Kier alpha value is -2.69. The van der Waals surface area contributed by atoms with Crippen molar-refractivity contribution in [1.82, 2.24) is 10.3 Å². The fourth-order valence-corrected chi connectivity index (χ4v) is 2.29. The average molecular weight is 312 g/mol. The summed E-state index contributed by atoms with van der Waals surface area (Å²) in [5.41, 5.74) is 3.28. The summed E-state index contributed by atoms with van der Waals surface area (Å²) in [7, 11) is 0. The fraction of sp³-hybridized carbons (Fsp3) is 0.278. The molecule has 1 amide bonds. The molecule has 2 aromatic rings. The maximum atomic E-state index is 12.0. The molecule has 0 aliphatic heterocycles. The molecule has 1 atom stereocenters. The van der Waals surface area contributed by atoms with Crippen LogP contribution in [0.3, 0.4) is 0 Å². The number of carboxylic acids is 1. The van der Waals surface area contributed by atoms with E-state index in [1.165, 1.54) is 6.20 Å². The Kier molecular flexibility index (Phi) is 5.46. The molecule has 0 fully saturated rings. The second-order valence-electron chi connectivity index (χ2n) is 5.63. The van der Waals surface area contributed by atoms with E-state index in [9.17, 15) is 14.7 Å². The van der Waals surface area contributed by atoms with E-state index >= 15 is 0 Å². The molecule has 0 saturated heterocycles. The maximum absolute atomic E-state index is 12.0. The van der Waals surface area contributed by atoms with Crippen LogP contribution < -0.4 is 5.32 Å². The Bertz CT molecular complexity index is 696. The molecule has 5 nitrogen and oxygen atoms in total. The van der Waals surface area contributed by atoms with E-state index in [0.29, 0.717) is 12.0 Å². The number of carbonyl (C=O) groups is 2. The van der Waals surface area contributed by atoms with Crippen molar-refractivity contribution in [3.63, 3.8) is 0 Å². The quantitative estimate of drug-likeness (QED) is 0.858. The minimum atomic E-state index is -0.922. The number of aliphatic carboxylic acids is 1. The zero-order valence-corrected chi connectivity index (χ0v) is 13.2. The number of amides is 1. The first kappa shape index (κ1) is 16.7.